The number of amides is 1. The van der Waals surface area contributed by atoms with E-state index in [4.69, 9.17) is 5.73 Å². The average molecular weight is 245 g/mol. The quantitative estimate of drug-likeness (QED) is 0.851. The number of aryl methyl sites for hydroxylation is 2. The van der Waals surface area contributed by atoms with Crippen LogP contribution < -0.4 is 11.1 Å². The summed E-state index contributed by atoms with van der Waals surface area (Å²) in [5.74, 6) is -0.287. The fourth-order valence-electron chi connectivity index (χ4n) is 1.66. The van der Waals surface area contributed by atoms with Crippen LogP contribution in [0.5, 0.6) is 0 Å². The second-order valence-corrected chi connectivity index (χ2v) is 3.95. The highest BCUT2D eigenvalue weighted by molar-refractivity contribution is 6.03. The number of carbonyl (C=O) groups is 1. The molecule has 18 heavy (non-hydrogen) atoms. The maximum absolute atomic E-state index is 12.0. The molecule has 2 rings (SSSR count). The molecule has 0 fully saturated rings. The van der Waals surface area contributed by atoms with Gasteiger partial charge in [-0.25, -0.2) is 0 Å². The first kappa shape index (κ1) is 12.1. The zero-order valence-electron chi connectivity index (χ0n) is 10.3. The standard InChI is InChI=1S/C12H15N5O/c1-3-9-11(7-17(2)16-9)15-12(18)10-6-8(13)4-5-14-10/h4-7H,3H2,1-2H3,(H2,13,14)(H,15,18). The molecule has 0 aliphatic carbocycles. The molecule has 6 nitrogen and oxygen atoms in total. The van der Waals surface area contributed by atoms with Gasteiger partial charge in [0.25, 0.3) is 5.91 Å². The molecule has 0 aromatic carbocycles. The molecule has 2 aromatic rings. The van der Waals surface area contributed by atoms with Crippen molar-refractivity contribution in [2.24, 2.45) is 7.05 Å². The lowest BCUT2D eigenvalue weighted by atomic mass is 10.2. The van der Waals surface area contributed by atoms with Gasteiger partial charge in [-0.05, 0) is 18.6 Å². The summed E-state index contributed by atoms with van der Waals surface area (Å²) >= 11 is 0. The van der Waals surface area contributed by atoms with E-state index in [1.807, 2.05) is 14.0 Å². The molecule has 0 bridgehead atoms. The second-order valence-electron chi connectivity index (χ2n) is 3.95. The van der Waals surface area contributed by atoms with Gasteiger partial charge in [-0.1, -0.05) is 6.92 Å². The van der Waals surface area contributed by atoms with Crippen molar-refractivity contribution in [2.45, 2.75) is 13.3 Å². The lowest BCUT2D eigenvalue weighted by Crippen LogP contribution is -2.14. The largest absolute Gasteiger partial charge is 0.399 e. The smallest absolute Gasteiger partial charge is 0.274 e. The van der Waals surface area contributed by atoms with Gasteiger partial charge in [0, 0.05) is 25.1 Å². The molecule has 6 heteroatoms. The zero-order chi connectivity index (χ0) is 13.1. The highest BCUT2D eigenvalue weighted by Crippen LogP contribution is 2.15. The summed E-state index contributed by atoms with van der Waals surface area (Å²) < 4.78 is 1.67. The van der Waals surface area contributed by atoms with E-state index in [0.29, 0.717) is 17.1 Å². The highest BCUT2D eigenvalue weighted by Gasteiger charge is 2.12. The van der Waals surface area contributed by atoms with Gasteiger partial charge in [-0.15, -0.1) is 0 Å². The summed E-state index contributed by atoms with van der Waals surface area (Å²) in [6, 6.07) is 3.18. The van der Waals surface area contributed by atoms with Gasteiger partial charge in [-0.2, -0.15) is 5.10 Å². The van der Waals surface area contributed by atoms with E-state index >= 15 is 0 Å². The van der Waals surface area contributed by atoms with Gasteiger partial charge in [0.2, 0.25) is 0 Å². The molecule has 94 valence electrons. The summed E-state index contributed by atoms with van der Waals surface area (Å²) in [5.41, 5.74) is 7.96. The first-order chi connectivity index (χ1) is 8.60. The Morgan fingerprint density at radius 2 is 2.33 bits per heavy atom. The Balaban J connectivity index is 2.21. The zero-order valence-corrected chi connectivity index (χ0v) is 10.3. The van der Waals surface area contributed by atoms with E-state index in [9.17, 15) is 4.79 Å². The summed E-state index contributed by atoms with van der Waals surface area (Å²) in [7, 11) is 1.81. The van der Waals surface area contributed by atoms with Crippen molar-refractivity contribution in [3.05, 3.63) is 35.9 Å². The van der Waals surface area contributed by atoms with Gasteiger partial charge in [0.15, 0.2) is 0 Å². The molecule has 2 heterocycles. The van der Waals surface area contributed by atoms with Gasteiger partial charge in [0.1, 0.15) is 5.69 Å². The predicted molar refractivity (Wildman–Crippen MR) is 69.2 cm³/mol. The number of carbonyl (C=O) groups excluding carboxylic acids is 1. The Bertz CT molecular complexity index is 576. The number of hydrogen-bond donors (Lipinski definition) is 2. The molecule has 1 amide bonds. The number of nitrogens with one attached hydrogen (secondary N) is 1. The second kappa shape index (κ2) is 4.87. The van der Waals surface area contributed by atoms with E-state index in [2.05, 4.69) is 15.4 Å². The minimum Gasteiger partial charge on any atom is -0.399 e. The van der Waals surface area contributed by atoms with Crippen molar-refractivity contribution in [1.82, 2.24) is 14.8 Å². The average Bonchev–Trinajstić information content (AvgIpc) is 2.69. The third kappa shape index (κ3) is 2.48. The van der Waals surface area contributed by atoms with E-state index < -0.39 is 0 Å². The van der Waals surface area contributed by atoms with Crippen LogP contribution in [0, 0.1) is 0 Å². The number of nitrogens with two attached hydrogens (primary N) is 1. The van der Waals surface area contributed by atoms with E-state index in [0.717, 1.165) is 12.1 Å². The maximum Gasteiger partial charge on any atom is 0.274 e. The van der Waals surface area contributed by atoms with Crippen LogP contribution in [0.1, 0.15) is 23.1 Å². The number of nitrogens with zero attached hydrogens (tertiary/aromatic N) is 3. The highest BCUT2D eigenvalue weighted by atomic mass is 16.1. The van der Waals surface area contributed by atoms with Crippen molar-refractivity contribution in [3.8, 4) is 0 Å². The number of anilines is 2. The molecule has 0 saturated heterocycles. The lowest BCUT2D eigenvalue weighted by molar-refractivity contribution is 0.102. The topological polar surface area (TPSA) is 85.8 Å². The van der Waals surface area contributed by atoms with Gasteiger partial charge in [-0.3, -0.25) is 14.5 Å². The number of aromatic nitrogens is 3. The fourth-order valence-corrected chi connectivity index (χ4v) is 1.66. The number of rotatable bonds is 3. The molecule has 0 aliphatic heterocycles. The van der Waals surface area contributed by atoms with Crippen LogP contribution in [0.25, 0.3) is 0 Å². The molecule has 0 atom stereocenters. The number of nitrogen functional groups attached to an aromatic ring is 1. The van der Waals surface area contributed by atoms with Crippen molar-refractivity contribution >= 4 is 17.3 Å². The summed E-state index contributed by atoms with van der Waals surface area (Å²) in [4.78, 5) is 16.0. The number of pyridine rings is 1. The van der Waals surface area contributed by atoms with Crippen molar-refractivity contribution < 1.29 is 4.79 Å². The maximum atomic E-state index is 12.0. The Hall–Kier alpha value is -2.37. The molecule has 2 aromatic heterocycles. The first-order valence-corrected chi connectivity index (χ1v) is 5.65. The van der Waals surface area contributed by atoms with Crippen molar-refractivity contribution in [3.63, 3.8) is 0 Å². The van der Waals surface area contributed by atoms with E-state index in [1.54, 1.807) is 16.9 Å². The molecule has 0 unspecified atom stereocenters. The third-order valence-electron chi connectivity index (χ3n) is 2.51. The predicted octanol–water partition coefficient (Wildman–Crippen LogP) is 1.21. The van der Waals surface area contributed by atoms with Crippen LogP contribution in [-0.2, 0) is 13.5 Å². The SMILES string of the molecule is CCc1nn(C)cc1NC(=O)c1cc(N)ccn1. The van der Waals surface area contributed by atoms with E-state index in [1.165, 1.54) is 12.3 Å². The summed E-state index contributed by atoms with van der Waals surface area (Å²) in [6.45, 7) is 1.98. The normalized spacial score (nSPS) is 10.3. The van der Waals surface area contributed by atoms with Crippen LogP contribution in [0.15, 0.2) is 24.5 Å². The minimum atomic E-state index is -0.287. The number of hydrogen-bond acceptors (Lipinski definition) is 4. The van der Waals surface area contributed by atoms with Crippen molar-refractivity contribution in [2.75, 3.05) is 11.1 Å². The van der Waals surface area contributed by atoms with Crippen LogP contribution in [0.3, 0.4) is 0 Å². The Labute approximate surface area is 105 Å². The van der Waals surface area contributed by atoms with Crippen LogP contribution >= 0.6 is 0 Å². The van der Waals surface area contributed by atoms with Crippen LogP contribution in [0.4, 0.5) is 11.4 Å². The molecule has 0 radical (unpaired) electrons. The molecular formula is C12H15N5O. The minimum absolute atomic E-state index is 0.287. The molecule has 3 N–H and O–H groups in total. The molecule has 0 spiro atoms. The molecular weight excluding hydrogens is 230 g/mol. The van der Waals surface area contributed by atoms with Gasteiger partial charge >= 0.3 is 0 Å². The van der Waals surface area contributed by atoms with Crippen molar-refractivity contribution in [1.29, 1.82) is 0 Å². The fraction of sp³-hybridized carbons (Fsp3) is 0.250. The van der Waals surface area contributed by atoms with Crippen LogP contribution in [0.2, 0.25) is 0 Å². The Morgan fingerprint density at radius 1 is 1.56 bits per heavy atom. The first-order valence-electron chi connectivity index (χ1n) is 5.65. The van der Waals surface area contributed by atoms with E-state index in [-0.39, 0.29) is 5.91 Å². The monoisotopic (exact) mass is 245 g/mol. The van der Waals surface area contributed by atoms with Gasteiger partial charge in [0.05, 0.1) is 11.4 Å². The molecule has 0 saturated carbocycles. The van der Waals surface area contributed by atoms with Gasteiger partial charge < -0.3 is 11.1 Å². The Kier molecular flexibility index (Phi) is 3.27. The summed E-state index contributed by atoms with van der Waals surface area (Å²) in [6.07, 6.45) is 4.03. The lowest BCUT2D eigenvalue weighted by Gasteiger charge is -2.04. The van der Waals surface area contributed by atoms with Crippen LogP contribution in [-0.4, -0.2) is 20.7 Å². The molecule has 0 aliphatic rings. The third-order valence-corrected chi connectivity index (χ3v) is 2.51. The summed E-state index contributed by atoms with van der Waals surface area (Å²) in [5, 5.41) is 7.04. The Morgan fingerprint density at radius 3 is 3.00 bits per heavy atom.